The number of nitrogens with one attached hydrogen (secondary N) is 1. The lowest BCUT2D eigenvalue weighted by Crippen LogP contribution is -2.21. The molecule has 78 valence electrons. The average Bonchev–Trinajstić information content (AvgIpc) is 2.68. The van der Waals surface area contributed by atoms with E-state index >= 15 is 0 Å². The Labute approximate surface area is 89.7 Å². The smallest absolute Gasteiger partial charge is 0.119 e. The van der Waals surface area contributed by atoms with Crippen LogP contribution in [0.2, 0.25) is 0 Å². The van der Waals surface area contributed by atoms with Crippen molar-refractivity contribution in [1.82, 2.24) is 5.32 Å². The molecule has 0 bridgehead atoms. The van der Waals surface area contributed by atoms with Crippen molar-refractivity contribution in [3.63, 3.8) is 0 Å². The first kappa shape index (κ1) is 10.0. The van der Waals surface area contributed by atoms with E-state index in [9.17, 15) is 0 Å². The summed E-state index contributed by atoms with van der Waals surface area (Å²) in [5.74, 6) is 0.905. The Bertz CT molecular complexity index is 344. The van der Waals surface area contributed by atoms with Crippen LogP contribution in [0.3, 0.4) is 0 Å². The van der Waals surface area contributed by atoms with Crippen molar-refractivity contribution in [3.05, 3.63) is 30.3 Å². The van der Waals surface area contributed by atoms with Crippen LogP contribution in [0.4, 0.5) is 0 Å². The minimum Gasteiger partial charge on any atom is -0.489 e. The lowest BCUT2D eigenvalue weighted by Gasteiger charge is -2.12. The first-order valence-electron chi connectivity index (χ1n) is 5.20. The zero-order valence-corrected chi connectivity index (χ0v) is 8.52. The molecule has 2 rings (SSSR count). The minimum atomic E-state index is 0.200. The first-order chi connectivity index (χ1) is 7.38. The Morgan fingerprint density at radius 3 is 2.93 bits per heavy atom. The molecule has 1 aliphatic rings. The van der Waals surface area contributed by atoms with Crippen LogP contribution in [0, 0.1) is 11.3 Å². The van der Waals surface area contributed by atoms with Gasteiger partial charge in [0.25, 0.3) is 0 Å². The van der Waals surface area contributed by atoms with E-state index in [1.165, 1.54) is 0 Å². The maximum atomic E-state index is 8.57. The van der Waals surface area contributed by atoms with Gasteiger partial charge in [0.15, 0.2) is 0 Å². The van der Waals surface area contributed by atoms with Crippen LogP contribution in [0.1, 0.15) is 12.8 Å². The monoisotopic (exact) mass is 202 g/mol. The SMILES string of the molecule is N#CCC1CC(Oc2ccccc2)CN1. The Morgan fingerprint density at radius 2 is 2.20 bits per heavy atom. The van der Waals surface area contributed by atoms with Gasteiger partial charge in [0.2, 0.25) is 0 Å². The van der Waals surface area contributed by atoms with Crippen molar-refractivity contribution in [2.45, 2.75) is 25.0 Å². The molecule has 2 unspecified atom stereocenters. The molecule has 0 aromatic heterocycles. The van der Waals surface area contributed by atoms with Gasteiger partial charge in [0, 0.05) is 19.0 Å². The molecular weight excluding hydrogens is 188 g/mol. The van der Waals surface area contributed by atoms with E-state index in [0.717, 1.165) is 18.7 Å². The van der Waals surface area contributed by atoms with Crippen LogP contribution in [-0.2, 0) is 0 Å². The zero-order valence-electron chi connectivity index (χ0n) is 8.52. The van der Waals surface area contributed by atoms with Gasteiger partial charge < -0.3 is 10.1 Å². The van der Waals surface area contributed by atoms with Crippen molar-refractivity contribution in [3.8, 4) is 11.8 Å². The van der Waals surface area contributed by atoms with Gasteiger partial charge in [-0.2, -0.15) is 5.26 Å². The molecule has 1 fully saturated rings. The summed E-state index contributed by atoms with van der Waals surface area (Å²) in [6.45, 7) is 0.835. The second kappa shape index (κ2) is 4.81. The molecule has 1 saturated heterocycles. The van der Waals surface area contributed by atoms with Crippen molar-refractivity contribution >= 4 is 0 Å². The predicted octanol–water partition coefficient (Wildman–Crippen LogP) is 1.71. The highest BCUT2D eigenvalue weighted by Gasteiger charge is 2.24. The number of ether oxygens (including phenoxy) is 1. The van der Waals surface area contributed by atoms with Crippen LogP contribution in [0.25, 0.3) is 0 Å². The van der Waals surface area contributed by atoms with Gasteiger partial charge in [-0.25, -0.2) is 0 Å². The lowest BCUT2D eigenvalue weighted by atomic mass is 10.1. The molecule has 0 saturated carbocycles. The summed E-state index contributed by atoms with van der Waals surface area (Å²) in [5, 5.41) is 11.9. The Balaban J connectivity index is 1.85. The van der Waals surface area contributed by atoms with Gasteiger partial charge in [-0.15, -0.1) is 0 Å². The van der Waals surface area contributed by atoms with Gasteiger partial charge >= 0.3 is 0 Å². The number of hydrogen-bond donors (Lipinski definition) is 1. The fraction of sp³-hybridized carbons (Fsp3) is 0.417. The van der Waals surface area contributed by atoms with E-state index in [1.807, 2.05) is 30.3 Å². The highest BCUT2D eigenvalue weighted by Crippen LogP contribution is 2.17. The van der Waals surface area contributed by atoms with Crippen LogP contribution >= 0.6 is 0 Å². The second-order valence-corrected chi connectivity index (χ2v) is 3.76. The second-order valence-electron chi connectivity index (χ2n) is 3.76. The van der Waals surface area contributed by atoms with E-state index in [0.29, 0.717) is 12.5 Å². The predicted molar refractivity (Wildman–Crippen MR) is 57.5 cm³/mol. The molecule has 1 aromatic rings. The van der Waals surface area contributed by atoms with Gasteiger partial charge in [-0.1, -0.05) is 18.2 Å². The number of benzene rings is 1. The largest absolute Gasteiger partial charge is 0.489 e. The quantitative estimate of drug-likeness (QED) is 0.811. The highest BCUT2D eigenvalue weighted by molar-refractivity contribution is 5.21. The fourth-order valence-corrected chi connectivity index (χ4v) is 1.83. The third-order valence-electron chi connectivity index (χ3n) is 2.57. The molecule has 3 nitrogen and oxygen atoms in total. The van der Waals surface area contributed by atoms with Crippen molar-refractivity contribution in [2.24, 2.45) is 0 Å². The first-order valence-corrected chi connectivity index (χ1v) is 5.20. The van der Waals surface area contributed by atoms with E-state index in [-0.39, 0.29) is 6.10 Å². The molecule has 2 atom stereocenters. The molecular formula is C12H14N2O. The van der Waals surface area contributed by atoms with Crippen LogP contribution in [0.15, 0.2) is 30.3 Å². The van der Waals surface area contributed by atoms with Crippen molar-refractivity contribution < 1.29 is 4.74 Å². The van der Waals surface area contributed by atoms with E-state index < -0.39 is 0 Å². The van der Waals surface area contributed by atoms with Crippen molar-refractivity contribution in [2.75, 3.05) is 6.54 Å². The third-order valence-corrected chi connectivity index (χ3v) is 2.57. The minimum absolute atomic E-state index is 0.200. The summed E-state index contributed by atoms with van der Waals surface area (Å²) >= 11 is 0. The summed E-state index contributed by atoms with van der Waals surface area (Å²) in [6.07, 6.45) is 1.68. The summed E-state index contributed by atoms with van der Waals surface area (Å²) in [6, 6.07) is 12.3. The maximum absolute atomic E-state index is 8.57. The number of nitrogens with zero attached hydrogens (tertiary/aromatic N) is 1. The lowest BCUT2D eigenvalue weighted by molar-refractivity contribution is 0.220. The normalized spacial score (nSPS) is 24.7. The van der Waals surface area contributed by atoms with Gasteiger partial charge in [0.05, 0.1) is 12.5 Å². The highest BCUT2D eigenvalue weighted by atomic mass is 16.5. The standard InChI is InChI=1S/C12H14N2O/c13-7-6-10-8-12(9-14-10)15-11-4-2-1-3-5-11/h1-5,10,12,14H,6,8-9H2. The van der Waals surface area contributed by atoms with E-state index in [1.54, 1.807) is 0 Å². The fourth-order valence-electron chi connectivity index (χ4n) is 1.83. The number of rotatable bonds is 3. The molecule has 0 aliphatic carbocycles. The molecule has 15 heavy (non-hydrogen) atoms. The maximum Gasteiger partial charge on any atom is 0.119 e. The average molecular weight is 202 g/mol. The third kappa shape index (κ3) is 2.71. The van der Waals surface area contributed by atoms with Gasteiger partial charge in [-0.3, -0.25) is 0 Å². The van der Waals surface area contributed by atoms with Crippen molar-refractivity contribution in [1.29, 1.82) is 5.26 Å². The summed E-state index contributed by atoms with van der Waals surface area (Å²) in [4.78, 5) is 0. The summed E-state index contributed by atoms with van der Waals surface area (Å²) < 4.78 is 5.78. The molecule has 0 radical (unpaired) electrons. The molecule has 1 heterocycles. The zero-order chi connectivity index (χ0) is 10.5. The Kier molecular flexibility index (Phi) is 3.21. The van der Waals surface area contributed by atoms with E-state index in [4.69, 9.17) is 10.00 Å². The summed E-state index contributed by atoms with van der Waals surface area (Å²) in [5.41, 5.74) is 0. The Hall–Kier alpha value is -1.53. The Morgan fingerprint density at radius 1 is 1.40 bits per heavy atom. The van der Waals surface area contributed by atoms with Crippen LogP contribution in [0.5, 0.6) is 5.75 Å². The molecule has 0 amide bonds. The summed E-state index contributed by atoms with van der Waals surface area (Å²) in [7, 11) is 0. The molecule has 1 aliphatic heterocycles. The number of hydrogen-bond acceptors (Lipinski definition) is 3. The topological polar surface area (TPSA) is 45.0 Å². The molecule has 1 N–H and O–H groups in total. The molecule has 1 aromatic carbocycles. The van der Waals surface area contributed by atoms with Crippen LogP contribution < -0.4 is 10.1 Å². The van der Waals surface area contributed by atoms with Gasteiger partial charge in [0.1, 0.15) is 11.9 Å². The van der Waals surface area contributed by atoms with E-state index in [2.05, 4.69) is 11.4 Å². The molecule has 3 heteroatoms. The number of nitriles is 1. The number of para-hydroxylation sites is 1. The molecule has 0 spiro atoms. The van der Waals surface area contributed by atoms with Gasteiger partial charge in [-0.05, 0) is 12.1 Å². The van der Waals surface area contributed by atoms with Crippen LogP contribution in [-0.4, -0.2) is 18.7 Å².